The Morgan fingerprint density at radius 1 is 1.19 bits per heavy atom. The van der Waals surface area contributed by atoms with Gasteiger partial charge in [0.05, 0.1) is 43.5 Å². The van der Waals surface area contributed by atoms with Crippen molar-refractivity contribution in [1.82, 2.24) is 0 Å². The SMILES string of the molecule is CCOC(=O)c1c(NC(=O)c2cc(OC)c(OC)c(OC)c2Br)sc2c1C(C)CCC2. The summed E-state index contributed by atoms with van der Waals surface area (Å²) in [6.07, 6.45) is 2.95. The lowest BCUT2D eigenvalue weighted by Crippen LogP contribution is -2.17. The third kappa shape index (κ3) is 4.39. The quantitative estimate of drug-likeness (QED) is 0.500. The van der Waals surface area contributed by atoms with E-state index in [9.17, 15) is 9.59 Å². The number of fused-ring (bicyclic) bond motifs is 1. The van der Waals surface area contributed by atoms with Crippen LogP contribution in [0.5, 0.6) is 17.2 Å². The van der Waals surface area contributed by atoms with Crippen molar-refractivity contribution in [2.24, 2.45) is 0 Å². The fourth-order valence-electron chi connectivity index (χ4n) is 3.86. The summed E-state index contributed by atoms with van der Waals surface area (Å²) < 4.78 is 21.9. The number of nitrogens with one attached hydrogen (secondary N) is 1. The highest BCUT2D eigenvalue weighted by Crippen LogP contribution is 2.46. The van der Waals surface area contributed by atoms with Crippen LogP contribution < -0.4 is 19.5 Å². The van der Waals surface area contributed by atoms with Crippen LogP contribution in [-0.2, 0) is 11.2 Å². The number of anilines is 1. The van der Waals surface area contributed by atoms with Crippen LogP contribution in [0, 0.1) is 0 Å². The number of benzene rings is 1. The molecule has 0 saturated carbocycles. The monoisotopic (exact) mass is 511 g/mol. The van der Waals surface area contributed by atoms with E-state index < -0.39 is 11.9 Å². The molecule has 1 aliphatic carbocycles. The van der Waals surface area contributed by atoms with Crippen molar-refractivity contribution in [3.63, 3.8) is 0 Å². The number of ether oxygens (including phenoxy) is 4. The van der Waals surface area contributed by atoms with Gasteiger partial charge >= 0.3 is 5.97 Å². The van der Waals surface area contributed by atoms with E-state index in [1.165, 1.54) is 32.7 Å². The third-order valence-corrected chi connectivity index (χ3v) is 7.24. The highest BCUT2D eigenvalue weighted by molar-refractivity contribution is 9.10. The summed E-state index contributed by atoms with van der Waals surface area (Å²) in [6, 6.07) is 1.57. The number of methoxy groups -OCH3 is 3. The summed E-state index contributed by atoms with van der Waals surface area (Å²) >= 11 is 4.88. The number of aryl methyl sites for hydroxylation is 1. The van der Waals surface area contributed by atoms with Gasteiger partial charge in [0, 0.05) is 4.88 Å². The Bertz CT molecular complexity index is 1000. The van der Waals surface area contributed by atoms with Crippen molar-refractivity contribution in [1.29, 1.82) is 0 Å². The molecule has 1 aromatic carbocycles. The fraction of sp³-hybridized carbons (Fsp3) is 0.455. The Labute approximate surface area is 194 Å². The van der Waals surface area contributed by atoms with Crippen molar-refractivity contribution < 1.29 is 28.5 Å². The van der Waals surface area contributed by atoms with Gasteiger partial charge in [0.15, 0.2) is 11.5 Å². The van der Waals surface area contributed by atoms with Crippen molar-refractivity contribution in [3.05, 3.63) is 32.1 Å². The maximum atomic E-state index is 13.3. The number of hydrogen-bond donors (Lipinski definition) is 1. The molecule has 1 heterocycles. The molecule has 31 heavy (non-hydrogen) atoms. The lowest BCUT2D eigenvalue weighted by molar-refractivity contribution is 0.0526. The highest BCUT2D eigenvalue weighted by Gasteiger charge is 2.32. The number of rotatable bonds is 7. The molecule has 9 heteroatoms. The standard InChI is InChI=1S/C22H26BrNO6S/c1-6-30-22(26)16-15-11(2)8-7-9-14(15)31-21(16)24-20(25)12-10-13(27-3)18(28-4)19(29-5)17(12)23/h10-11H,6-9H2,1-5H3,(H,24,25). The first-order chi connectivity index (χ1) is 14.9. The fourth-order valence-corrected chi connectivity index (χ4v) is 5.84. The molecule has 0 saturated heterocycles. The predicted molar refractivity (Wildman–Crippen MR) is 123 cm³/mol. The summed E-state index contributed by atoms with van der Waals surface area (Å²) in [5.41, 5.74) is 1.75. The molecule has 1 unspecified atom stereocenters. The van der Waals surface area contributed by atoms with E-state index in [2.05, 4.69) is 28.2 Å². The molecule has 0 spiro atoms. The molecular formula is C22H26BrNO6S. The molecule has 168 valence electrons. The second-order valence-electron chi connectivity index (χ2n) is 7.12. The molecule has 2 aromatic rings. The summed E-state index contributed by atoms with van der Waals surface area (Å²) in [5, 5.41) is 3.42. The number of carbonyl (C=O) groups is 2. The van der Waals surface area contributed by atoms with Gasteiger partial charge in [-0.25, -0.2) is 4.79 Å². The molecule has 0 bridgehead atoms. The average Bonchev–Trinajstić information content (AvgIpc) is 3.12. The van der Waals surface area contributed by atoms with E-state index in [0.717, 1.165) is 29.7 Å². The molecule has 3 rings (SSSR count). The second-order valence-corrected chi connectivity index (χ2v) is 9.02. The van der Waals surface area contributed by atoms with Crippen LogP contribution in [-0.4, -0.2) is 39.8 Å². The Morgan fingerprint density at radius 3 is 2.52 bits per heavy atom. The van der Waals surface area contributed by atoms with Crippen LogP contribution in [0.2, 0.25) is 0 Å². The highest BCUT2D eigenvalue weighted by atomic mass is 79.9. The van der Waals surface area contributed by atoms with Gasteiger partial charge in [0.1, 0.15) is 5.00 Å². The topological polar surface area (TPSA) is 83.1 Å². The molecule has 1 aliphatic rings. The molecule has 0 fully saturated rings. The summed E-state index contributed by atoms with van der Waals surface area (Å²) in [6.45, 7) is 4.14. The van der Waals surface area contributed by atoms with E-state index in [4.69, 9.17) is 18.9 Å². The van der Waals surface area contributed by atoms with Gasteiger partial charge in [-0.3, -0.25) is 4.79 Å². The van der Waals surface area contributed by atoms with Crippen LogP contribution in [0.25, 0.3) is 0 Å². The van der Waals surface area contributed by atoms with Crippen molar-refractivity contribution >= 4 is 44.1 Å². The Balaban J connectivity index is 2.06. The van der Waals surface area contributed by atoms with E-state index in [1.54, 1.807) is 13.0 Å². The van der Waals surface area contributed by atoms with Gasteiger partial charge in [-0.05, 0) is 59.7 Å². The number of carbonyl (C=O) groups excluding carboxylic acids is 2. The molecule has 1 aromatic heterocycles. The average molecular weight is 512 g/mol. The number of halogens is 1. The van der Waals surface area contributed by atoms with E-state index in [0.29, 0.717) is 37.8 Å². The summed E-state index contributed by atoms with van der Waals surface area (Å²) in [5.74, 6) is 0.504. The number of esters is 1. The zero-order valence-corrected chi connectivity index (χ0v) is 20.6. The zero-order chi connectivity index (χ0) is 22.7. The second kappa shape index (κ2) is 9.91. The Kier molecular flexibility index (Phi) is 7.48. The maximum Gasteiger partial charge on any atom is 0.341 e. The van der Waals surface area contributed by atoms with Gasteiger partial charge in [-0.15, -0.1) is 11.3 Å². The van der Waals surface area contributed by atoms with E-state index in [1.807, 2.05) is 0 Å². The lowest BCUT2D eigenvalue weighted by atomic mass is 9.86. The minimum atomic E-state index is -0.409. The number of hydrogen-bond acceptors (Lipinski definition) is 7. The maximum absolute atomic E-state index is 13.3. The van der Waals surface area contributed by atoms with Crippen LogP contribution in [0.4, 0.5) is 5.00 Å². The Morgan fingerprint density at radius 2 is 1.90 bits per heavy atom. The van der Waals surface area contributed by atoms with E-state index in [-0.39, 0.29) is 12.5 Å². The minimum absolute atomic E-state index is 0.234. The predicted octanol–water partition coefficient (Wildman–Crippen LogP) is 5.41. The largest absolute Gasteiger partial charge is 0.493 e. The molecule has 1 amide bonds. The van der Waals surface area contributed by atoms with Crippen LogP contribution in [0.1, 0.15) is 63.8 Å². The van der Waals surface area contributed by atoms with Crippen LogP contribution >= 0.6 is 27.3 Å². The Hall–Kier alpha value is -2.26. The molecule has 0 aliphatic heterocycles. The zero-order valence-electron chi connectivity index (χ0n) is 18.2. The first-order valence-corrected chi connectivity index (χ1v) is 11.6. The molecule has 1 N–H and O–H groups in total. The molecule has 0 radical (unpaired) electrons. The van der Waals surface area contributed by atoms with Gasteiger partial charge in [0.2, 0.25) is 5.75 Å². The van der Waals surface area contributed by atoms with Gasteiger partial charge in [-0.1, -0.05) is 6.92 Å². The van der Waals surface area contributed by atoms with E-state index >= 15 is 0 Å². The van der Waals surface area contributed by atoms with Gasteiger partial charge < -0.3 is 24.3 Å². The van der Waals surface area contributed by atoms with Crippen molar-refractivity contribution in [3.8, 4) is 17.2 Å². The molecule has 1 atom stereocenters. The minimum Gasteiger partial charge on any atom is -0.493 e. The molecular weight excluding hydrogens is 486 g/mol. The van der Waals surface area contributed by atoms with Crippen LogP contribution in [0.15, 0.2) is 10.5 Å². The number of thiophene rings is 1. The first kappa shape index (κ1) is 23.4. The normalized spacial score (nSPS) is 15.1. The lowest BCUT2D eigenvalue weighted by Gasteiger charge is -2.19. The summed E-state index contributed by atoms with van der Waals surface area (Å²) in [4.78, 5) is 27.2. The summed E-state index contributed by atoms with van der Waals surface area (Å²) in [7, 11) is 4.47. The third-order valence-electron chi connectivity index (χ3n) is 5.28. The smallest absolute Gasteiger partial charge is 0.341 e. The van der Waals surface area contributed by atoms with Gasteiger partial charge in [-0.2, -0.15) is 0 Å². The van der Waals surface area contributed by atoms with Crippen molar-refractivity contribution in [2.75, 3.05) is 33.3 Å². The van der Waals surface area contributed by atoms with Crippen LogP contribution in [0.3, 0.4) is 0 Å². The molecule has 7 nitrogen and oxygen atoms in total. The van der Waals surface area contributed by atoms with Gasteiger partial charge in [0.25, 0.3) is 5.91 Å². The first-order valence-electron chi connectivity index (χ1n) is 10.00. The van der Waals surface area contributed by atoms with Crippen molar-refractivity contribution in [2.45, 2.75) is 39.0 Å². The number of amides is 1.